The molecule has 1 rings (SSSR count). The number of hydrogen-bond acceptors (Lipinski definition) is 2. The molecule has 0 spiro atoms. The van der Waals surface area contributed by atoms with Crippen molar-refractivity contribution < 1.29 is 0 Å². The summed E-state index contributed by atoms with van der Waals surface area (Å²) in [6.07, 6.45) is 1.14. The van der Waals surface area contributed by atoms with Crippen LogP contribution in [-0.2, 0) is 0 Å². The molecule has 1 atom stereocenters. The van der Waals surface area contributed by atoms with Gasteiger partial charge in [0.25, 0.3) is 0 Å². The first-order valence-electron chi connectivity index (χ1n) is 5.38. The van der Waals surface area contributed by atoms with Gasteiger partial charge in [-0.25, -0.2) is 0 Å². The Balaban J connectivity index is 2.37. The van der Waals surface area contributed by atoms with E-state index >= 15 is 0 Å². The largest absolute Gasteiger partial charge is 0.312 e. The molecule has 0 saturated carbocycles. The van der Waals surface area contributed by atoms with Crippen LogP contribution >= 0.6 is 22.9 Å². The quantitative estimate of drug-likeness (QED) is 0.835. The molecule has 1 aromatic rings. The van der Waals surface area contributed by atoms with Crippen LogP contribution in [0, 0.1) is 0 Å². The maximum Gasteiger partial charge on any atom is 0.0547 e. The highest BCUT2D eigenvalue weighted by Crippen LogP contribution is 2.31. The van der Waals surface area contributed by atoms with Gasteiger partial charge in [-0.05, 0) is 51.1 Å². The third-order valence-electron chi connectivity index (χ3n) is 2.33. The zero-order chi connectivity index (χ0) is 11.5. The molecular formula is C12H20ClNS. The zero-order valence-electron chi connectivity index (χ0n) is 9.93. The lowest BCUT2D eigenvalue weighted by Gasteiger charge is -2.21. The van der Waals surface area contributed by atoms with E-state index in [2.05, 4.69) is 38.4 Å². The van der Waals surface area contributed by atoms with Gasteiger partial charge in [-0.1, -0.05) is 18.5 Å². The molecule has 1 unspecified atom stereocenters. The van der Waals surface area contributed by atoms with Crippen LogP contribution in [-0.4, -0.2) is 12.1 Å². The maximum atomic E-state index is 6.09. The fourth-order valence-corrected chi connectivity index (χ4v) is 2.79. The molecule has 1 heterocycles. The molecule has 0 saturated heterocycles. The third kappa shape index (κ3) is 4.54. The molecule has 3 heteroatoms. The minimum atomic E-state index is 0.207. The normalized spacial score (nSPS) is 14.2. The molecule has 0 fully saturated rings. The molecule has 0 aliphatic rings. The highest BCUT2D eigenvalue weighted by Gasteiger charge is 2.13. The lowest BCUT2D eigenvalue weighted by molar-refractivity contribution is 0.414. The van der Waals surface area contributed by atoms with E-state index in [1.807, 2.05) is 6.07 Å². The predicted octanol–water partition coefficient (Wildman–Crippen LogP) is 4.28. The summed E-state index contributed by atoms with van der Waals surface area (Å²) in [5.74, 6) is 0.548. The summed E-state index contributed by atoms with van der Waals surface area (Å²) in [6.45, 7) is 9.85. The van der Waals surface area contributed by atoms with Gasteiger partial charge in [0, 0.05) is 10.4 Å². The van der Waals surface area contributed by atoms with E-state index in [0.29, 0.717) is 5.92 Å². The van der Waals surface area contributed by atoms with E-state index < -0.39 is 0 Å². The average Bonchev–Trinajstić information content (AvgIpc) is 2.48. The van der Waals surface area contributed by atoms with E-state index in [-0.39, 0.29) is 5.54 Å². The SMILES string of the molecule is CC(CCNC(C)(C)C)c1sccc1Cl. The van der Waals surface area contributed by atoms with E-state index in [1.54, 1.807) is 11.3 Å². The van der Waals surface area contributed by atoms with Crippen LogP contribution in [0.15, 0.2) is 11.4 Å². The van der Waals surface area contributed by atoms with Gasteiger partial charge in [0.2, 0.25) is 0 Å². The Labute approximate surface area is 102 Å². The Hall–Kier alpha value is -0.0500. The van der Waals surface area contributed by atoms with Crippen LogP contribution in [0.2, 0.25) is 5.02 Å². The van der Waals surface area contributed by atoms with Gasteiger partial charge in [0.1, 0.15) is 0 Å². The van der Waals surface area contributed by atoms with E-state index in [1.165, 1.54) is 4.88 Å². The molecule has 0 aliphatic carbocycles. The number of nitrogens with one attached hydrogen (secondary N) is 1. The maximum absolute atomic E-state index is 6.09. The summed E-state index contributed by atoms with van der Waals surface area (Å²) < 4.78 is 0. The summed E-state index contributed by atoms with van der Waals surface area (Å²) in [7, 11) is 0. The highest BCUT2D eigenvalue weighted by molar-refractivity contribution is 7.10. The van der Waals surface area contributed by atoms with Crippen LogP contribution in [0.25, 0.3) is 0 Å². The summed E-state index contributed by atoms with van der Waals surface area (Å²) in [5, 5.41) is 6.48. The van der Waals surface area contributed by atoms with Crippen molar-refractivity contribution in [3.63, 3.8) is 0 Å². The molecule has 1 aromatic heterocycles. The molecule has 1 N–H and O–H groups in total. The minimum absolute atomic E-state index is 0.207. The van der Waals surface area contributed by atoms with Gasteiger partial charge in [0.05, 0.1) is 5.02 Å². The first-order valence-corrected chi connectivity index (χ1v) is 6.64. The second-order valence-electron chi connectivity index (χ2n) is 5.00. The molecule has 1 nitrogen and oxygen atoms in total. The second-order valence-corrected chi connectivity index (χ2v) is 6.35. The molecule has 0 amide bonds. The fraction of sp³-hybridized carbons (Fsp3) is 0.667. The number of hydrogen-bond donors (Lipinski definition) is 1. The first kappa shape index (κ1) is 13.0. The Kier molecular flexibility index (Phi) is 4.63. The van der Waals surface area contributed by atoms with Gasteiger partial charge in [-0.3, -0.25) is 0 Å². The van der Waals surface area contributed by atoms with Crippen molar-refractivity contribution in [2.75, 3.05) is 6.54 Å². The lowest BCUT2D eigenvalue weighted by Crippen LogP contribution is -2.36. The highest BCUT2D eigenvalue weighted by atomic mass is 35.5. The smallest absolute Gasteiger partial charge is 0.0547 e. The lowest BCUT2D eigenvalue weighted by atomic mass is 10.0. The Bertz CT molecular complexity index is 301. The van der Waals surface area contributed by atoms with Gasteiger partial charge in [0.15, 0.2) is 0 Å². The zero-order valence-corrected chi connectivity index (χ0v) is 11.5. The van der Waals surface area contributed by atoms with E-state index in [9.17, 15) is 0 Å². The Morgan fingerprint density at radius 3 is 2.60 bits per heavy atom. The molecular weight excluding hydrogens is 226 g/mol. The van der Waals surface area contributed by atoms with Crippen molar-refractivity contribution in [3.8, 4) is 0 Å². The summed E-state index contributed by atoms with van der Waals surface area (Å²) >= 11 is 7.85. The minimum Gasteiger partial charge on any atom is -0.312 e. The van der Waals surface area contributed by atoms with Crippen LogP contribution in [0.3, 0.4) is 0 Å². The van der Waals surface area contributed by atoms with Crippen LogP contribution < -0.4 is 5.32 Å². The predicted molar refractivity (Wildman–Crippen MR) is 70.1 cm³/mol. The fourth-order valence-electron chi connectivity index (χ4n) is 1.45. The van der Waals surface area contributed by atoms with Crippen LogP contribution in [0.5, 0.6) is 0 Å². The Morgan fingerprint density at radius 2 is 2.13 bits per heavy atom. The molecule has 86 valence electrons. The van der Waals surface area contributed by atoms with Crippen LogP contribution in [0.1, 0.15) is 44.9 Å². The summed E-state index contributed by atoms with van der Waals surface area (Å²) in [5.41, 5.74) is 0.207. The van der Waals surface area contributed by atoms with Gasteiger partial charge >= 0.3 is 0 Å². The molecule has 0 radical (unpaired) electrons. The standard InChI is InChI=1S/C12H20ClNS/c1-9(5-7-14-12(2,3)4)11-10(13)6-8-15-11/h6,8-9,14H,5,7H2,1-4H3. The summed E-state index contributed by atoms with van der Waals surface area (Å²) in [4.78, 5) is 1.31. The van der Waals surface area contributed by atoms with Crippen molar-refractivity contribution in [2.24, 2.45) is 0 Å². The first-order chi connectivity index (χ1) is 6.90. The summed E-state index contributed by atoms with van der Waals surface area (Å²) in [6, 6.07) is 1.98. The van der Waals surface area contributed by atoms with Gasteiger partial charge in [-0.15, -0.1) is 11.3 Å². The molecule has 0 aliphatic heterocycles. The number of thiophene rings is 1. The van der Waals surface area contributed by atoms with Crippen molar-refractivity contribution in [3.05, 3.63) is 21.3 Å². The second kappa shape index (κ2) is 5.33. The molecule has 0 aromatic carbocycles. The van der Waals surface area contributed by atoms with Crippen molar-refractivity contribution in [2.45, 2.75) is 45.6 Å². The molecule has 15 heavy (non-hydrogen) atoms. The van der Waals surface area contributed by atoms with Crippen molar-refractivity contribution >= 4 is 22.9 Å². The monoisotopic (exact) mass is 245 g/mol. The van der Waals surface area contributed by atoms with E-state index in [0.717, 1.165) is 18.0 Å². The topological polar surface area (TPSA) is 12.0 Å². The van der Waals surface area contributed by atoms with Crippen molar-refractivity contribution in [1.82, 2.24) is 5.32 Å². The van der Waals surface area contributed by atoms with Crippen LogP contribution in [0.4, 0.5) is 0 Å². The van der Waals surface area contributed by atoms with Gasteiger partial charge in [-0.2, -0.15) is 0 Å². The van der Waals surface area contributed by atoms with Crippen molar-refractivity contribution in [1.29, 1.82) is 0 Å². The number of rotatable bonds is 4. The van der Waals surface area contributed by atoms with E-state index in [4.69, 9.17) is 11.6 Å². The molecule has 0 bridgehead atoms. The number of halogens is 1. The van der Waals surface area contributed by atoms with Gasteiger partial charge < -0.3 is 5.32 Å². The Morgan fingerprint density at radius 1 is 1.47 bits per heavy atom. The third-order valence-corrected chi connectivity index (χ3v) is 3.92. The average molecular weight is 246 g/mol.